The number of aliphatic hydroxyl groups is 1. The number of ether oxygens (including phenoxy) is 1. The van der Waals surface area contributed by atoms with E-state index in [-0.39, 0.29) is 29.5 Å². The smallest absolute Gasteiger partial charge is 0.316 e. The minimum Gasteiger partial charge on any atom is -0.487 e. The second kappa shape index (κ2) is 10.4. The Morgan fingerprint density at radius 1 is 1.32 bits per heavy atom. The van der Waals surface area contributed by atoms with Gasteiger partial charge in [-0.2, -0.15) is 0 Å². The van der Waals surface area contributed by atoms with Crippen LogP contribution in [-0.4, -0.2) is 40.5 Å². The Bertz CT molecular complexity index is 682. The molecule has 1 aliphatic carbocycles. The zero-order valence-corrected chi connectivity index (χ0v) is 17.1. The summed E-state index contributed by atoms with van der Waals surface area (Å²) in [6.45, 7) is 3.51. The Balaban J connectivity index is 1.92. The van der Waals surface area contributed by atoms with Crippen molar-refractivity contribution in [2.45, 2.75) is 77.4 Å². The first-order chi connectivity index (χ1) is 13.3. The van der Waals surface area contributed by atoms with E-state index in [1.807, 2.05) is 11.9 Å². The van der Waals surface area contributed by atoms with E-state index < -0.39 is 11.0 Å². The average molecular weight is 392 g/mol. The standard InChI is InChI=1S/C21H32N2O5/c1-15-13-18(16(2)24)21(23(26)27)19(14-15)28-12-8-11-20(25)22(3)17-9-6-4-5-7-10-17/h13-14,16-17,24H,4-12H2,1-3H3. The fourth-order valence-corrected chi connectivity index (χ4v) is 3.83. The van der Waals surface area contributed by atoms with Crippen molar-refractivity contribution >= 4 is 11.6 Å². The van der Waals surface area contributed by atoms with Crippen LogP contribution in [0.15, 0.2) is 12.1 Å². The molecular formula is C21H32N2O5. The fraction of sp³-hybridized carbons (Fsp3) is 0.667. The molecule has 0 heterocycles. The number of aliphatic hydroxyl groups excluding tert-OH is 1. The third-order valence-corrected chi connectivity index (χ3v) is 5.44. The van der Waals surface area contributed by atoms with E-state index >= 15 is 0 Å². The lowest BCUT2D eigenvalue weighted by Crippen LogP contribution is -2.36. The van der Waals surface area contributed by atoms with Gasteiger partial charge >= 0.3 is 5.69 Å². The molecule has 1 unspecified atom stereocenters. The normalized spacial score (nSPS) is 16.3. The Morgan fingerprint density at radius 2 is 1.96 bits per heavy atom. The summed E-state index contributed by atoms with van der Waals surface area (Å²) in [6.07, 6.45) is 6.86. The molecule has 1 N–H and O–H groups in total. The van der Waals surface area contributed by atoms with Crippen molar-refractivity contribution in [1.82, 2.24) is 4.90 Å². The molecule has 7 nitrogen and oxygen atoms in total. The molecule has 0 saturated heterocycles. The molecule has 28 heavy (non-hydrogen) atoms. The molecule has 1 aromatic carbocycles. The number of rotatable bonds is 8. The van der Waals surface area contributed by atoms with Crippen LogP contribution in [0, 0.1) is 17.0 Å². The van der Waals surface area contributed by atoms with E-state index in [1.54, 1.807) is 19.1 Å². The maximum atomic E-state index is 12.5. The lowest BCUT2D eigenvalue weighted by Gasteiger charge is -2.27. The number of hydrogen-bond acceptors (Lipinski definition) is 5. The molecule has 156 valence electrons. The molecule has 0 radical (unpaired) electrons. The number of nitro groups is 1. The maximum Gasteiger partial charge on any atom is 0.316 e. The van der Waals surface area contributed by atoms with Crippen molar-refractivity contribution < 1.29 is 19.6 Å². The summed E-state index contributed by atoms with van der Waals surface area (Å²) in [5, 5.41) is 21.3. The Labute approximate surface area is 166 Å². The monoisotopic (exact) mass is 392 g/mol. The SMILES string of the molecule is Cc1cc(OCCCC(=O)N(C)C2CCCCCC2)c([N+](=O)[O-])c(C(C)O)c1. The van der Waals surface area contributed by atoms with Crippen LogP contribution in [0.25, 0.3) is 0 Å². The molecular weight excluding hydrogens is 360 g/mol. The third kappa shape index (κ3) is 5.92. The van der Waals surface area contributed by atoms with Gasteiger partial charge in [0, 0.05) is 19.5 Å². The van der Waals surface area contributed by atoms with Gasteiger partial charge in [-0.25, -0.2) is 0 Å². The van der Waals surface area contributed by atoms with Crippen LogP contribution in [0.1, 0.15) is 75.5 Å². The van der Waals surface area contributed by atoms with Gasteiger partial charge in [-0.1, -0.05) is 25.7 Å². The molecule has 0 aromatic heterocycles. The van der Waals surface area contributed by atoms with Crippen molar-refractivity contribution in [3.8, 4) is 5.75 Å². The summed E-state index contributed by atoms with van der Waals surface area (Å²) in [6, 6.07) is 3.52. The molecule has 0 spiro atoms. The first kappa shape index (κ1) is 22.1. The van der Waals surface area contributed by atoms with Crippen molar-refractivity contribution in [2.75, 3.05) is 13.7 Å². The quantitative estimate of drug-likeness (QED) is 0.308. The van der Waals surface area contributed by atoms with Crippen LogP contribution >= 0.6 is 0 Å². The van der Waals surface area contributed by atoms with Crippen LogP contribution in [0.5, 0.6) is 5.75 Å². The summed E-state index contributed by atoms with van der Waals surface area (Å²) >= 11 is 0. The summed E-state index contributed by atoms with van der Waals surface area (Å²) in [7, 11) is 1.87. The molecule has 0 aliphatic heterocycles. The highest BCUT2D eigenvalue weighted by Crippen LogP contribution is 2.36. The molecule has 1 fully saturated rings. The summed E-state index contributed by atoms with van der Waals surface area (Å²) in [4.78, 5) is 25.3. The molecule has 1 atom stereocenters. The van der Waals surface area contributed by atoms with Gasteiger partial charge in [0.1, 0.15) is 0 Å². The second-order valence-electron chi connectivity index (χ2n) is 7.74. The van der Waals surface area contributed by atoms with Gasteiger partial charge in [0.25, 0.3) is 0 Å². The van der Waals surface area contributed by atoms with Gasteiger partial charge in [-0.05, 0) is 50.8 Å². The minimum atomic E-state index is -0.961. The lowest BCUT2D eigenvalue weighted by molar-refractivity contribution is -0.387. The summed E-state index contributed by atoms with van der Waals surface area (Å²) in [5.41, 5.74) is 0.812. The van der Waals surface area contributed by atoms with Crippen molar-refractivity contribution in [2.24, 2.45) is 0 Å². The fourth-order valence-electron chi connectivity index (χ4n) is 3.83. The number of amides is 1. The van der Waals surface area contributed by atoms with E-state index in [4.69, 9.17) is 4.74 Å². The first-order valence-corrected chi connectivity index (χ1v) is 10.2. The van der Waals surface area contributed by atoms with Gasteiger partial charge in [-0.15, -0.1) is 0 Å². The van der Waals surface area contributed by atoms with E-state index in [0.717, 1.165) is 18.4 Å². The molecule has 7 heteroatoms. The molecule has 1 saturated carbocycles. The number of aryl methyl sites for hydroxylation is 1. The van der Waals surface area contributed by atoms with Gasteiger partial charge < -0.3 is 14.7 Å². The Kier molecular flexibility index (Phi) is 8.23. The number of nitro benzene ring substituents is 1. The largest absolute Gasteiger partial charge is 0.487 e. The Hall–Kier alpha value is -2.15. The zero-order valence-electron chi connectivity index (χ0n) is 17.1. The predicted octanol–water partition coefficient (Wildman–Crippen LogP) is 4.30. The van der Waals surface area contributed by atoms with Crippen molar-refractivity contribution in [3.05, 3.63) is 33.4 Å². The van der Waals surface area contributed by atoms with Crippen LogP contribution in [-0.2, 0) is 4.79 Å². The highest BCUT2D eigenvalue weighted by molar-refractivity contribution is 5.76. The minimum absolute atomic E-state index is 0.0962. The molecule has 1 amide bonds. The number of carbonyl (C=O) groups excluding carboxylic acids is 1. The maximum absolute atomic E-state index is 12.5. The molecule has 1 aliphatic rings. The van der Waals surface area contributed by atoms with Crippen molar-refractivity contribution in [3.63, 3.8) is 0 Å². The highest BCUT2D eigenvalue weighted by Gasteiger charge is 2.25. The van der Waals surface area contributed by atoms with Crippen LogP contribution in [0.4, 0.5) is 5.69 Å². The van der Waals surface area contributed by atoms with Gasteiger partial charge in [-0.3, -0.25) is 14.9 Å². The van der Waals surface area contributed by atoms with Gasteiger partial charge in [0.05, 0.1) is 23.2 Å². The second-order valence-corrected chi connectivity index (χ2v) is 7.74. The van der Waals surface area contributed by atoms with E-state index in [1.165, 1.54) is 32.6 Å². The predicted molar refractivity (Wildman–Crippen MR) is 107 cm³/mol. The molecule has 1 aromatic rings. The third-order valence-electron chi connectivity index (χ3n) is 5.44. The van der Waals surface area contributed by atoms with Crippen LogP contribution < -0.4 is 4.74 Å². The van der Waals surface area contributed by atoms with Crippen molar-refractivity contribution in [1.29, 1.82) is 0 Å². The van der Waals surface area contributed by atoms with Crippen LogP contribution in [0.2, 0.25) is 0 Å². The van der Waals surface area contributed by atoms with Crippen LogP contribution in [0.3, 0.4) is 0 Å². The highest BCUT2D eigenvalue weighted by atomic mass is 16.6. The van der Waals surface area contributed by atoms with E-state index in [0.29, 0.717) is 18.9 Å². The average Bonchev–Trinajstić information content (AvgIpc) is 2.92. The molecule has 2 rings (SSSR count). The van der Waals surface area contributed by atoms with Gasteiger partial charge in [0.2, 0.25) is 5.91 Å². The summed E-state index contributed by atoms with van der Waals surface area (Å²) < 4.78 is 5.64. The van der Waals surface area contributed by atoms with Gasteiger partial charge in [0.15, 0.2) is 5.75 Å². The Morgan fingerprint density at radius 3 is 2.54 bits per heavy atom. The first-order valence-electron chi connectivity index (χ1n) is 10.2. The topological polar surface area (TPSA) is 92.9 Å². The van der Waals surface area contributed by atoms with E-state index in [9.17, 15) is 20.0 Å². The molecule has 0 bridgehead atoms. The lowest BCUT2D eigenvalue weighted by atomic mass is 10.0. The number of nitrogens with zero attached hydrogens (tertiary/aromatic N) is 2. The zero-order chi connectivity index (χ0) is 20.7. The number of hydrogen-bond donors (Lipinski definition) is 1. The van der Waals surface area contributed by atoms with E-state index in [2.05, 4.69) is 0 Å². The number of carbonyl (C=O) groups is 1. The number of benzene rings is 1. The summed E-state index contributed by atoms with van der Waals surface area (Å²) in [5.74, 6) is 0.240.